The van der Waals surface area contributed by atoms with Crippen molar-refractivity contribution >= 4 is 34.6 Å². The van der Waals surface area contributed by atoms with E-state index in [1.165, 1.54) is 6.20 Å². The maximum atomic E-state index is 15.0. The number of aromatic carboxylic acids is 1. The second-order valence-electron chi connectivity index (χ2n) is 9.05. The molecule has 0 aliphatic carbocycles. The lowest BCUT2D eigenvalue weighted by Gasteiger charge is -2.37. The van der Waals surface area contributed by atoms with Crippen molar-refractivity contribution in [3.8, 4) is 5.75 Å². The number of carboxylic acids is 2. The van der Waals surface area contributed by atoms with Crippen molar-refractivity contribution in [2.24, 2.45) is 0 Å². The molecule has 2 aliphatic rings. The molecule has 0 radical (unpaired) electrons. The van der Waals surface area contributed by atoms with E-state index in [2.05, 4.69) is 4.90 Å². The quantitative estimate of drug-likeness (QED) is 0.515. The summed E-state index contributed by atoms with van der Waals surface area (Å²) in [7, 11) is 2.02. The summed E-state index contributed by atoms with van der Waals surface area (Å²) in [6.45, 7) is 5.08. The molecule has 10 heteroatoms. The third-order valence-electron chi connectivity index (χ3n) is 6.41. The first-order chi connectivity index (χ1) is 17.7. The maximum Gasteiger partial charge on any atom is 0.341 e. The van der Waals surface area contributed by atoms with Crippen LogP contribution in [0.3, 0.4) is 0 Å². The van der Waals surface area contributed by atoms with E-state index in [0.29, 0.717) is 30.0 Å². The summed E-state index contributed by atoms with van der Waals surface area (Å²) in [6.07, 6.45) is 4.02. The molecule has 3 aromatic rings. The molecule has 1 unspecified atom stereocenters. The van der Waals surface area contributed by atoms with Gasteiger partial charge in [0.15, 0.2) is 11.6 Å². The van der Waals surface area contributed by atoms with E-state index in [-0.39, 0.29) is 23.6 Å². The minimum absolute atomic E-state index is 0.0434. The monoisotopic (exact) mass is 509 g/mol. The molecule has 37 heavy (non-hydrogen) atoms. The Balaban J connectivity index is 0.000000245. The fraction of sp³-hybridized carbons (Fsp3) is 0.296. The maximum absolute atomic E-state index is 15.0. The topological polar surface area (TPSA) is 112 Å². The highest BCUT2D eigenvalue weighted by Gasteiger charge is 2.30. The molecule has 1 fully saturated rings. The Morgan fingerprint density at radius 3 is 2.41 bits per heavy atom. The Hall–Kier alpha value is -4.18. The van der Waals surface area contributed by atoms with Gasteiger partial charge in [-0.1, -0.05) is 30.3 Å². The molecule has 1 saturated heterocycles. The lowest BCUT2D eigenvalue weighted by molar-refractivity contribution is -0.131. The number of pyridine rings is 1. The van der Waals surface area contributed by atoms with Crippen LogP contribution in [-0.2, 0) is 4.79 Å². The van der Waals surface area contributed by atoms with Crippen LogP contribution in [0.25, 0.3) is 17.0 Å². The Labute approximate surface area is 212 Å². The van der Waals surface area contributed by atoms with Gasteiger partial charge in [-0.25, -0.2) is 14.0 Å². The van der Waals surface area contributed by atoms with Crippen LogP contribution in [0.15, 0.2) is 53.5 Å². The molecule has 0 saturated carbocycles. The van der Waals surface area contributed by atoms with Gasteiger partial charge in [-0.2, -0.15) is 0 Å². The summed E-state index contributed by atoms with van der Waals surface area (Å²) in [5.74, 6) is -2.47. The van der Waals surface area contributed by atoms with Crippen molar-refractivity contribution in [3.05, 3.63) is 75.8 Å². The van der Waals surface area contributed by atoms with Gasteiger partial charge in [0.2, 0.25) is 5.43 Å². The van der Waals surface area contributed by atoms with E-state index in [4.69, 9.17) is 9.84 Å². The van der Waals surface area contributed by atoms with E-state index in [1.807, 2.05) is 49.2 Å². The zero-order valence-corrected chi connectivity index (χ0v) is 20.6. The van der Waals surface area contributed by atoms with Crippen molar-refractivity contribution in [1.29, 1.82) is 0 Å². The van der Waals surface area contributed by atoms with Crippen LogP contribution in [0, 0.1) is 5.82 Å². The number of hydrogen-bond acceptors (Lipinski definition) is 6. The zero-order valence-electron chi connectivity index (χ0n) is 20.6. The van der Waals surface area contributed by atoms with Gasteiger partial charge in [-0.15, -0.1) is 0 Å². The minimum Gasteiger partial charge on any atom is -0.487 e. The van der Waals surface area contributed by atoms with Crippen molar-refractivity contribution in [1.82, 2.24) is 9.47 Å². The first-order valence-electron chi connectivity index (χ1n) is 11.8. The van der Waals surface area contributed by atoms with E-state index < -0.39 is 23.2 Å². The number of aromatic nitrogens is 1. The average Bonchev–Trinajstić information content (AvgIpc) is 2.87. The van der Waals surface area contributed by atoms with Crippen molar-refractivity contribution in [3.63, 3.8) is 0 Å². The van der Waals surface area contributed by atoms with Gasteiger partial charge in [0.25, 0.3) is 0 Å². The lowest BCUT2D eigenvalue weighted by atomic mass is 10.1. The summed E-state index contributed by atoms with van der Waals surface area (Å²) in [4.78, 5) is 38.2. The number of halogens is 1. The zero-order chi connectivity index (χ0) is 26.7. The van der Waals surface area contributed by atoms with Crippen LogP contribution >= 0.6 is 0 Å². The number of nitrogens with zero attached hydrogens (tertiary/aromatic N) is 3. The molecule has 0 spiro atoms. The number of carboxylic acid groups (broad SMARTS) is 2. The molecule has 1 aromatic heterocycles. The van der Waals surface area contributed by atoms with Gasteiger partial charge in [0, 0.05) is 38.5 Å². The highest BCUT2D eigenvalue weighted by atomic mass is 19.1. The molecule has 2 N–H and O–H groups in total. The van der Waals surface area contributed by atoms with Crippen LogP contribution in [0.2, 0.25) is 0 Å². The Kier molecular flexibility index (Phi) is 7.58. The van der Waals surface area contributed by atoms with Gasteiger partial charge < -0.3 is 29.3 Å². The fourth-order valence-electron chi connectivity index (χ4n) is 4.42. The number of benzene rings is 2. The number of ether oxygens (including phenoxy) is 1. The highest BCUT2D eigenvalue weighted by Crippen LogP contribution is 2.42. The van der Waals surface area contributed by atoms with E-state index in [9.17, 15) is 23.9 Å². The molecule has 1 atom stereocenters. The summed E-state index contributed by atoms with van der Waals surface area (Å²) >= 11 is 0. The number of carbonyl (C=O) groups is 2. The van der Waals surface area contributed by atoms with Gasteiger partial charge >= 0.3 is 11.9 Å². The summed E-state index contributed by atoms with van der Waals surface area (Å²) in [5.41, 5.74) is 0.674. The minimum atomic E-state index is -1.32. The molecule has 0 amide bonds. The molecule has 2 aromatic carbocycles. The van der Waals surface area contributed by atoms with E-state index >= 15 is 0 Å². The Bertz CT molecular complexity index is 1410. The van der Waals surface area contributed by atoms with Crippen LogP contribution in [0.4, 0.5) is 10.1 Å². The number of aliphatic carboxylic acids is 1. The van der Waals surface area contributed by atoms with Gasteiger partial charge in [0.1, 0.15) is 17.9 Å². The van der Waals surface area contributed by atoms with Gasteiger partial charge in [-0.05, 0) is 31.7 Å². The third kappa shape index (κ3) is 5.49. The molecule has 0 bridgehead atoms. The molecule has 5 rings (SSSR count). The van der Waals surface area contributed by atoms with Gasteiger partial charge in [0.05, 0.1) is 16.9 Å². The number of rotatable bonds is 4. The fourth-order valence-corrected chi connectivity index (χ4v) is 4.42. The Morgan fingerprint density at radius 2 is 1.78 bits per heavy atom. The van der Waals surface area contributed by atoms with Crippen LogP contribution < -0.4 is 15.1 Å². The highest BCUT2D eigenvalue weighted by molar-refractivity contribution is 5.97. The number of anilines is 1. The number of hydrogen-bond donors (Lipinski definition) is 2. The first kappa shape index (κ1) is 25.9. The largest absolute Gasteiger partial charge is 0.487 e. The second-order valence-corrected chi connectivity index (χ2v) is 9.05. The standard InChI is InChI=1S/C18H20FN3O4.C9H8O2/c1-10-9-26-17-14-11(16(23)12(18(24)25)8-22(10)14)7-13(19)15(17)21-5-3-20(2)4-6-21;10-9(11)7-6-8-4-2-1-3-5-8/h7-8,10H,3-6,9H2,1-2H3,(H,24,25);1-7H,(H,10,11)/b;7-6+. The number of likely N-dealkylation sites (N-methyl/N-ethyl adjacent to an activating group) is 1. The molecule has 2 aliphatic heterocycles. The summed E-state index contributed by atoms with van der Waals surface area (Å²) in [5, 5.41) is 17.7. The van der Waals surface area contributed by atoms with Crippen molar-refractivity contribution in [2.75, 3.05) is 44.7 Å². The van der Waals surface area contributed by atoms with Gasteiger partial charge in [-0.3, -0.25) is 4.79 Å². The third-order valence-corrected chi connectivity index (χ3v) is 6.41. The normalized spacial score (nSPS) is 17.3. The van der Waals surface area contributed by atoms with Crippen molar-refractivity contribution in [2.45, 2.75) is 13.0 Å². The molecule has 194 valence electrons. The van der Waals surface area contributed by atoms with Crippen molar-refractivity contribution < 1.29 is 28.9 Å². The second kappa shape index (κ2) is 10.8. The number of piperazine rings is 1. The van der Waals surface area contributed by atoms with Crippen LogP contribution in [-0.4, -0.2) is 71.5 Å². The summed E-state index contributed by atoms with van der Waals surface area (Å²) in [6, 6.07) is 10.3. The van der Waals surface area contributed by atoms with E-state index in [0.717, 1.165) is 30.8 Å². The molecular formula is C27H28FN3O6. The first-order valence-corrected chi connectivity index (χ1v) is 11.8. The predicted octanol–water partition coefficient (Wildman–Crippen LogP) is 3.33. The average molecular weight is 510 g/mol. The molecule has 3 heterocycles. The SMILES string of the molecule is CC1COc2c(N3CCN(C)CC3)c(F)cc3c(=O)c(C(=O)O)cn1c23.O=C(O)/C=C/c1ccccc1. The lowest BCUT2D eigenvalue weighted by Crippen LogP contribution is -2.45. The molecular weight excluding hydrogens is 481 g/mol. The summed E-state index contributed by atoms with van der Waals surface area (Å²) < 4.78 is 22.6. The smallest absolute Gasteiger partial charge is 0.341 e. The van der Waals surface area contributed by atoms with E-state index in [1.54, 1.807) is 10.6 Å². The Morgan fingerprint density at radius 1 is 1.11 bits per heavy atom. The molecule has 9 nitrogen and oxygen atoms in total. The van der Waals surface area contributed by atoms with Crippen LogP contribution in [0.1, 0.15) is 28.9 Å². The van der Waals surface area contributed by atoms with Crippen LogP contribution in [0.5, 0.6) is 5.75 Å². The predicted molar refractivity (Wildman–Crippen MR) is 138 cm³/mol.